The Morgan fingerprint density at radius 2 is 2.04 bits per heavy atom. The molecule has 1 aromatic heterocycles. The van der Waals surface area contributed by atoms with Gasteiger partial charge in [-0.15, -0.1) is 0 Å². The van der Waals surface area contributed by atoms with E-state index in [0.717, 1.165) is 45.6 Å². The summed E-state index contributed by atoms with van der Waals surface area (Å²) in [4.78, 5) is 28.9. The van der Waals surface area contributed by atoms with Crippen molar-refractivity contribution in [3.8, 4) is 0 Å². The summed E-state index contributed by atoms with van der Waals surface area (Å²) in [5.74, 6) is -1.15. The van der Waals surface area contributed by atoms with Crippen LogP contribution in [0.15, 0.2) is 16.8 Å². The molecule has 2 aliphatic heterocycles. The van der Waals surface area contributed by atoms with Crippen molar-refractivity contribution in [3.63, 3.8) is 0 Å². The molecular weight excluding hydrogens is 352 g/mol. The molecule has 0 saturated carbocycles. The third kappa shape index (κ3) is 5.26. The summed E-state index contributed by atoms with van der Waals surface area (Å²) in [7, 11) is 2.12. The van der Waals surface area contributed by atoms with Crippen LogP contribution >= 0.6 is 11.3 Å². The number of nitrogens with one attached hydrogen (secondary N) is 2. The third-order valence-electron chi connectivity index (χ3n) is 5.08. The molecule has 144 valence electrons. The summed E-state index contributed by atoms with van der Waals surface area (Å²) in [6.45, 7) is 5.51. The lowest BCUT2D eigenvalue weighted by Gasteiger charge is -2.37. The largest absolute Gasteiger partial charge is 0.376 e. The van der Waals surface area contributed by atoms with Crippen molar-refractivity contribution < 1.29 is 14.3 Å². The van der Waals surface area contributed by atoms with E-state index in [1.165, 1.54) is 5.56 Å². The lowest BCUT2D eigenvalue weighted by Crippen LogP contribution is -2.50. The Hall–Kier alpha value is -1.48. The highest BCUT2D eigenvalue weighted by Gasteiger charge is 2.26. The minimum Gasteiger partial charge on any atom is -0.376 e. The highest BCUT2D eigenvalue weighted by atomic mass is 32.1. The molecule has 0 radical (unpaired) electrons. The van der Waals surface area contributed by atoms with E-state index < -0.39 is 11.8 Å². The lowest BCUT2D eigenvalue weighted by molar-refractivity contribution is -0.139. The lowest BCUT2D eigenvalue weighted by atomic mass is 10.1. The van der Waals surface area contributed by atoms with Crippen molar-refractivity contribution in [3.05, 3.63) is 22.4 Å². The fourth-order valence-electron chi connectivity index (χ4n) is 3.42. The van der Waals surface area contributed by atoms with Gasteiger partial charge in [-0.2, -0.15) is 11.3 Å². The Kier molecular flexibility index (Phi) is 7.01. The summed E-state index contributed by atoms with van der Waals surface area (Å²) in [5.41, 5.74) is 1.19. The van der Waals surface area contributed by atoms with Gasteiger partial charge < -0.3 is 20.3 Å². The van der Waals surface area contributed by atoms with Gasteiger partial charge in [0.25, 0.3) is 0 Å². The zero-order valence-corrected chi connectivity index (χ0v) is 16.1. The molecule has 3 rings (SSSR count). The van der Waals surface area contributed by atoms with Crippen molar-refractivity contribution in [2.24, 2.45) is 0 Å². The summed E-state index contributed by atoms with van der Waals surface area (Å²) >= 11 is 1.65. The molecule has 2 unspecified atom stereocenters. The van der Waals surface area contributed by atoms with Gasteiger partial charge in [0.1, 0.15) is 0 Å². The van der Waals surface area contributed by atoms with E-state index in [4.69, 9.17) is 4.74 Å². The highest BCUT2D eigenvalue weighted by molar-refractivity contribution is 7.07. The van der Waals surface area contributed by atoms with Crippen LogP contribution in [0, 0.1) is 0 Å². The van der Waals surface area contributed by atoms with Gasteiger partial charge in [0, 0.05) is 45.9 Å². The number of nitrogens with zero attached hydrogens (tertiary/aromatic N) is 2. The molecule has 2 N–H and O–H groups in total. The van der Waals surface area contributed by atoms with E-state index in [1.54, 1.807) is 11.3 Å². The number of ether oxygens (including phenoxy) is 1. The number of rotatable bonds is 6. The maximum atomic E-state index is 12.2. The topological polar surface area (TPSA) is 73.9 Å². The fourth-order valence-corrected chi connectivity index (χ4v) is 4.12. The van der Waals surface area contributed by atoms with Crippen molar-refractivity contribution in [2.45, 2.75) is 25.0 Å². The van der Waals surface area contributed by atoms with Crippen molar-refractivity contribution in [1.29, 1.82) is 0 Å². The van der Waals surface area contributed by atoms with E-state index in [2.05, 4.69) is 44.3 Å². The van der Waals surface area contributed by atoms with Crippen LogP contribution in [-0.4, -0.2) is 80.6 Å². The molecule has 26 heavy (non-hydrogen) atoms. The third-order valence-corrected chi connectivity index (χ3v) is 5.78. The molecule has 2 atom stereocenters. The number of hydrogen-bond donors (Lipinski definition) is 2. The number of likely N-dealkylation sites (N-methyl/N-ethyl adjacent to an activating group) is 1. The van der Waals surface area contributed by atoms with Crippen LogP contribution in [-0.2, 0) is 14.3 Å². The Bertz CT molecular complexity index is 581. The van der Waals surface area contributed by atoms with Gasteiger partial charge in [-0.25, -0.2) is 0 Å². The molecule has 3 heterocycles. The highest BCUT2D eigenvalue weighted by Crippen LogP contribution is 2.23. The van der Waals surface area contributed by atoms with Gasteiger partial charge in [0.15, 0.2) is 0 Å². The van der Waals surface area contributed by atoms with Gasteiger partial charge >= 0.3 is 11.8 Å². The number of amides is 2. The van der Waals surface area contributed by atoms with E-state index in [1.807, 2.05) is 0 Å². The molecular formula is C18H28N4O3S. The molecule has 8 heteroatoms. The first-order chi connectivity index (χ1) is 12.6. The standard InChI is InChI=1S/C18H28N4O3S/c1-21-5-7-22(8-6-21)16(14-4-10-26-13-14)12-20-18(24)17(23)19-11-15-3-2-9-25-15/h4,10,13,15-16H,2-3,5-9,11-12H2,1H3,(H,19,23)(H,20,24). The minimum atomic E-state index is -0.581. The Morgan fingerprint density at radius 1 is 1.27 bits per heavy atom. The van der Waals surface area contributed by atoms with Crippen molar-refractivity contribution >= 4 is 23.2 Å². The molecule has 0 bridgehead atoms. The molecule has 2 fully saturated rings. The smallest absolute Gasteiger partial charge is 0.309 e. The Balaban J connectivity index is 1.50. The van der Waals surface area contributed by atoms with E-state index in [9.17, 15) is 9.59 Å². The van der Waals surface area contributed by atoms with Crippen molar-refractivity contribution in [2.75, 3.05) is 52.9 Å². The molecule has 2 amide bonds. The van der Waals surface area contributed by atoms with Crippen LogP contribution in [0.1, 0.15) is 24.4 Å². The van der Waals surface area contributed by atoms with Crippen LogP contribution in [0.25, 0.3) is 0 Å². The maximum absolute atomic E-state index is 12.2. The van der Waals surface area contributed by atoms with Gasteiger partial charge in [-0.3, -0.25) is 14.5 Å². The van der Waals surface area contributed by atoms with Crippen LogP contribution < -0.4 is 10.6 Å². The summed E-state index contributed by atoms with van der Waals surface area (Å²) in [5, 5.41) is 9.65. The number of carbonyl (C=O) groups is 2. The molecule has 0 aromatic carbocycles. The van der Waals surface area contributed by atoms with E-state index in [-0.39, 0.29) is 12.1 Å². The minimum absolute atomic E-state index is 0.0376. The predicted octanol–water partition coefficient (Wildman–Crippen LogP) is 0.448. The second-order valence-corrected chi connectivity index (χ2v) is 7.75. The summed E-state index contributed by atoms with van der Waals surface area (Å²) in [6, 6.07) is 2.20. The number of carbonyl (C=O) groups excluding carboxylic acids is 2. The van der Waals surface area contributed by atoms with E-state index >= 15 is 0 Å². The van der Waals surface area contributed by atoms with Crippen molar-refractivity contribution in [1.82, 2.24) is 20.4 Å². The molecule has 2 aliphatic rings. The number of thiophene rings is 1. The monoisotopic (exact) mass is 380 g/mol. The summed E-state index contributed by atoms with van der Waals surface area (Å²) in [6.07, 6.45) is 1.99. The van der Waals surface area contributed by atoms with Crippen LogP contribution in [0.2, 0.25) is 0 Å². The average Bonchev–Trinajstić information content (AvgIpc) is 3.35. The first kappa shape index (κ1) is 19.3. The number of hydrogen-bond acceptors (Lipinski definition) is 6. The molecule has 1 aromatic rings. The van der Waals surface area contributed by atoms with Crippen LogP contribution in [0.4, 0.5) is 0 Å². The molecule has 0 aliphatic carbocycles. The number of piperazine rings is 1. The zero-order chi connectivity index (χ0) is 18.4. The summed E-state index contributed by atoms with van der Waals surface area (Å²) < 4.78 is 5.46. The van der Waals surface area contributed by atoms with E-state index in [0.29, 0.717) is 13.1 Å². The van der Waals surface area contributed by atoms with Gasteiger partial charge in [-0.1, -0.05) is 0 Å². The van der Waals surface area contributed by atoms with Gasteiger partial charge in [-0.05, 0) is 42.3 Å². The second kappa shape index (κ2) is 9.45. The molecule has 7 nitrogen and oxygen atoms in total. The Labute approximate surface area is 158 Å². The zero-order valence-electron chi connectivity index (χ0n) is 15.3. The fraction of sp³-hybridized carbons (Fsp3) is 0.667. The first-order valence-electron chi connectivity index (χ1n) is 9.26. The van der Waals surface area contributed by atoms with Crippen LogP contribution in [0.5, 0.6) is 0 Å². The molecule has 0 spiro atoms. The second-order valence-electron chi connectivity index (χ2n) is 6.97. The first-order valence-corrected chi connectivity index (χ1v) is 10.2. The Morgan fingerprint density at radius 3 is 2.69 bits per heavy atom. The normalized spacial score (nSPS) is 22.9. The quantitative estimate of drug-likeness (QED) is 0.701. The van der Waals surface area contributed by atoms with Crippen LogP contribution in [0.3, 0.4) is 0 Å². The van der Waals surface area contributed by atoms with Gasteiger partial charge in [0.2, 0.25) is 0 Å². The maximum Gasteiger partial charge on any atom is 0.309 e. The predicted molar refractivity (Wildman–Crippen MR) is 101 cm³/mol. The average molecular weight is 381 g/mol. The van der Waals surface area contributed by atoms with Gasteiger partial charge in [0.05, 0.1) is 12.1 Å². The molecule has 2 saturated heterocycles. The SMILES string of the molecule is CN1CCN(C(CNC(=O)C(=O)NCC2CCCO2)c2ccsc2)CC1.